The van der Waals surface area contributed by atoms with Crippen LogP contribution in [0.25, 0.3) is 11.4 Å². The highest BCUT2D eigenvalue weighted by Crippen LogP contribution is 2.26. The van der Waals surface area contributed by atoms with Crippen LogP contribution >= 0.6 is 0 Å². The molecule has 0 spiro atoms. The number of rotatable bonds is 6. The highest BCUT2D eigenvalue weighted by molar-refractivity contribution is 5.77. The second kappa shape index (κ2) is 9.92. The maximum atomic E-state index is 12.6. The SMILES string of the molecule is Cc1cccc(-c2nc(C)c(C)c(N3CCN(C(=O)COCc4ccccc4)CC3)n2)c1. The first-order valence-electron chi connectivity index (χ1n) is 11.1. The predicted molar refractivity (Wildman–Crippen MR) is 127 cm³/mol. The lowest BCUT2D eigenvalue weighted by molar-refractivity contribution is -0.136. The van der Waals surface area contributed by atoms with Gasteiger partial charge in [-0.15, -0.1) is 0 Å². The first-order valence-corrected chi connectivity index (χ1v) is 11.1. The van der Waals surface area contributed by atoms with Crippen LogP contribution in [0.2, 0.25) is 0 Å². The molecule has 1 saturated heterocycles. The minimum Gasteiger partial charge on any atom is -0.367 e. The highest BCUT2D eigenvalue weighted by Gasteiger charge is 2.24. The Morgan fingerprint density at radius 2 is 1.69 bits per heavy atom. The normalized spacial score (nSPS) is 14.0. The van der Waals surface area contributed by atoms with Crippen molar-refractivity contribution in [2.45, 2.75) is 27.4 Å². The van der Waals surface area contributed by atoms with Crippen molar-refractivity contribution >= 4 is 11.7 Å². The minimum atomic E-state index is 0.0385. The Balaban J connectivity index is 1.38. The van der Waals surface area contributed by atoms with E-state index in [2.05, 4.69) is 30.9 Å². The molecule has 0 bridgehead atoms. The van der Waals surface area contributed by atoms with Gasteiger partial charge in [0.1, 0.15) is 12.4 Å². The Morgan fingerprint density at radius 1 is 0.938 bits per heavy atom. The number of amides is 1. The number of carbonyl (C=O) groups excluding carboxylic acids is 1. The number of benzene rings is 2. The van der Waals surface area contributed by atoms with Crippen LogP contribution < -0.4 is 4.90 Å². The number of aromatic nitrogens is 2. The zero-order valence-electron chi connectivity index (χ0n) is 19.0. The average molecular weight is 431 g/mol. The Labute approximate surface area is 189 Å². The predicted octanol–water partition coefficient (Wildman–Crippen LogP) is 3.93. The molecule has 2 aromatic carbocycles. The fraction of sp³-hybridized carbons (Fsp3) is 0.346. The number of nitrogens with zero attached hydrogens (tertiary/aromatic N) is 4. The molecular formula is C26H30N4O2. The van der Waals surface area contributed by atoms with E-state index in [1.54, 1.807) is 0 Å². The lowest BCUT2D eigenvalue weighted by atomic mass is 10.1. The fourth-order valence-corrected chi connectivity index (χ4v) is 3.92. The molecule has 0 saturated carbocycles. The van der Waals surface area contributed by atoms with E-state index in [0.29, 0.717) is 19.7 Å². The summed E-state index contributed by atoms with van der Waals surface area (Å²) in [6.07, 6.45) is 0. The van der Waals surface area contributed by atoms with Crippen molar-refractivity contribution in [1.29, 1.82) is 0 Å². The van der Waals surface area contributed by atoms with Gasteiger partial charge in [0, 0.05) is 43.0 Å². The molecule has 1 amide bonds. The zero-order valence-corrected chi connectivity index (χ0v) is 19.0. The molecule has 166 valence electrons. The summed E-state index contributed by atoms with van der Waals surface area (Å²) >= 11 is 0. The number of hydrogen-bond donors (Lipinski definition) is 0. The van der Waals surface area contributed by atoms with Gasteiger partial charge in [-0.2, -0.15) is 0 Å². The third-order valence-electron chi connectivity index (χ3n) is 5.91. The molecule has 2 heterocycles. The van der Waals surface area contributed by atoms with Crippen molar-refractivity contribution in [3.05, 3.63) is 77.0 Å². The lowest BCUT2D eigenvalue weighted by Crippen LogP contribution is -2.50. The van der Waals surface area contributed by atoms with Crippen LogP contribution in [0.15, 0.2) is 54.6 Å². The standard InChI is InChI=1S/C26H30N4O2/c1-19-8-7-11-23(16-19)25-27-21(3)20(2)26(28-25)30-14-12-29(13-15-30)24(31)18-32-17-22-9-5-4-6-10-22/h4-11,16H,12-15,17-18H2,1-3H3. The van der Waals surface area contributed by atoms with Gasteiger partial charge in [-0.05, 0) is 32.4 Å². The van der Waals surface area contributed by atoms with Crippen molar-refractivity contribution in [2.75, 3.05) is 37.7 Å². The van der Waals surface area contributed by atoms with Crippen LogP contribution in [0.1, 0.15) is 22.4 Å². The summed E-state index contributed by atoms with van der Waals surface area (Å²) in [6.45, 7) is 9.55. The topological polar surface area (TPSA) is 58.6 Å². The van der Waals surface area contributed by atoms with Gasteiger partial charge in [0.15, 0.2) is 5.82 Å². The molecule has 0 aliphatic carbocycles. The molecule has 0 N–H and O–H groups in total. The van der Waals surface area contributed by atoms with Crippen LogP contribution in [0.3, 0.4) is 0 Å². The molecule has 6 heteroatoms. The maximum Gasteiger partial charge on any atom is 0.248 e. The van der Waals surface area contributed by atoms with Crippen molar-refractivity contribution in [1.82, 2.24) is 14.9 Å². The second-order valence-electron chi connectivity index (χ2n) is 8.30. The van der Waals surface area contributed by atoms with Gasteiger partial charge in [0.05, 0.1) is 6.61 Å². The van der Waals surface area contributed by atoms with Gasteiger partial charge in [0.25, 0.3) is 0 Å². The van der Waals surface area contributed by atoms with E-state index in [0.717, 1.165) is 47.1 Å². The Kier molecular flexibility index (Phi) is 6.81. The molecule has 32 heavy (non-hydrogen) atoms. The maximum absolute atomic E-state index is 12.6. The summed E-state index contributed by atoms with van der Waals surface area (Å²) < 4.78 is 5.63. The highest BCUT2D eigenvalue weighted by atomic mass is 16.5. The summed E-state index contributed by atoms with van der Waals surface area (Å²) in [7, 11) is 0. The number of piperazine rings is 1. The Hall–Kier alpha value is -3.25. The number of aryl methyl sites for hydroxylation is 2. The summed E-state index contributed by atoms with van der Waals surface area (Å²) in [5, 5.41) is 0. The van der Waals surface area contributed by atoms with E-state index in [4.69, 9.17) is 14.7 Å². The van der Waals surface area contributed by atoms with Crippen LogP contribution in [0, 0.1) is 20.8 Å². The first kappa shape index (κ1) is 22.0. The number of hydrogen-bond acceptors (Lipinski definition) is 5. The van der Waals surface area contributed by atoms with Gasteiger partial charge in [0.2, 0.25) is 5.91 Å². The van der Waals surface area contributed by atoms with E-state index < -0.39 is 0 Å². The molecule has 0 unspecified atom stereocenters. The van der Waals surface area contributed by atoms with E-state index in [9.17, 15) is 4.79 Å². The van der Waals surface area contributed by atoms with Gasteiger partial charge in [-0.1, -0.05) is 54.1 Å². The summed E-state index contributed by atoms with van der Waals surface area (Å²) in [5.74, 6) is 1.75. The van der Waals surface area contributed by atoms with Gasteiger partial charge < -0.3 is 14.5 Å². The molecule has 1 aliphatic rings. The summed E-state index contributed by atoms with van der Waals surface area (Å²) in [5.41, 5.74) is 5.36. The molecule has 0 atom stereocenters. The van der Waals surface area contributed by atoms with Crippen LogP contribution in [-0.2, 0) is 16.1 Å². The molecule has 0 radical (unpaired) electrons. The van der Waals surface area contributed by atoms with E-state index in [1.807, 2.05) is 54.3 Å². The number of anilines is 1. The van der Waals surface area contributed by atoms with Crippen LogP contribution in [0.5, 0.6) is 0 Å². The van der Waals surface area contributed by atoms with Gasteiger partial charge in [-0.25, -0.2) is 9.97 Å². The molecule has 3 aromatic rings. The minimum absolute atomic E-state index is 0.0385. The Bertz CT molecular complexity index is 1080. The third-order valence-corrected chi connectivity index (χ3v) is 5.91. The quantitative estimate of drug-likeness (QED) is 0.593. The second-order valence-corrected chi connectivity index (χ2v) is 8.30. The van der Waals surface area contributed by atoms with E-state index in [1.165, 1.54) is 5.56 Å². The largest absolute Gasteiger partial charge is 0.367 e. The van der Waals surface area contributed by atoms with E-state index in [-0.39, 0.29) is 12.5 Å². The fourth-order valence-electron chi connectivity index (χ4n) is 3.92. The van der Waals surface area contributed by atoms with Crippen LogP contribution in [-0.4, -0.2) is 53.6 Å². The van der Waals surface area contributed by atoms with Crippen molar-refractivity contribution in [3.8, 4) is 11.4 Å². The smallest absolute Gasteiger partial charge is 0.248 e. The number of ether oxygens (including phenoxy) is 1. The number of carbonyl (C=O) groups is 1. The first-order chi connectivity index (χ1) is 15.5. The van der Waals surface area contributed by atoms with Crippen LogP contribution in [0.4, 0.5) is 5.82 Å². The Morgan fingerprint density at radius 3 is 2.41 bits per heavy atom. The molecule has 4 rings (SSSR count). The van der Waals surface area contributed by atoms with E-state index >= 15 is 0 Å². The van der Waals surface area contributed by atoms with Crippen molar-refractivity contribution < 1.29 is 9.53 Å². The summed E-state index contributed by atoms with van der Waals surface area (Å²) in [4.78, 5) is 26.4. The van der Waals surface area contributed by atoms with Gasteiger partial charge in [-0.3, -0.25) is 4.79 Å². The molecule has 6 nitrogen and oxygen atoms in total. The van der Waals surface area contributed by atoms with Crippen molar-refractivity contribution in [2.24, 2.45) is 0 Å². The lowest BCUT2D eigenvalue weighted by Gasteiger charge is -2.36. The monoisotopic (exact) mass is 430 g/mol. The van der Waals surface area contributed by atoms with Gasteiger partial charge >= 0.3 is 0 Å². The molecule has 1 aromatic heterocycles. The average Bonchev–Trinajstić information content (AvgIpc) is 2.81. The third kappa shape index (κ3) is 5.14. The molecule has 1 fully saturated rings. The molecular weight excluding hydrogens is 400 g/mol. The van der Waals surface area contributed by atoms with Crippen molar-refractivity contribution in [3.63, 3.8) is 0 Å². The molecule has 1 aliphatic heterocycles. The zero-order chi connectivity index (χ0) is 22.5. The summed E-state index contributed by atoms with van der Waals surface area (Å²) in [6, 6.07) is 18.2.